The van der Waals surface area contributed by atoms with E-state index in [1.54, 1.807) is 6.07 Å². The van der Waals surface area contributed by atoms with Gasteiger partial charge >= 0.3 is 0 Å². The number of halogens is 2. The summed E-state index contributed by atoms with van der Waals surface area (Å²) in [5.74, 6) is -0.204. The number of nitrogens with one attached hydrogen (secondary N) is 1. The van der Waals surface area contributed by atoms with E-state index in [1.165, 1.54) is 12.1 Å². The lowest BCUT2D eigenvalue weighted by Gasteiger charge is -2.43. The molecule has 0 radical (unpaired) electrons. The van der Waals surface area contributed by atoms with Crippen molar-refractivity contribution in [3.8, 4) is 0 Å². The summed E-state index contributed by atoms with van der Waals surface area (Å²) >= 11 is 6.03. The Bertz CT molecular complexity index is 1090. The fourth-order valence-corrected chi connectivity index (χ4v) is 4.93. The van der Waals surface area contributed by atoms with Gasteiger partial charge in [0.05, 0.1) is 12.4 Å². The van der Waals surface area contributed by atoms with Gasteiger partial charge in [-0.05, 0) is 68.6 Å². The predicted octanol–water partition coefficient (Wildman–Crippen LogP) is 3.98. The Morgan fingerprint density at radius 1 is 1.16 bits per heavy atom. The molecule has 5 rings (SSSR count). The minimum Gasteiger partial charge on any atom is -0.356 e. The molecule has 0 saturated carbocycles. The van der Waals surface area contributed by atoms with E-state index in [-0.39, 0.29) is 11.7 Å². The fraction of sp³-hybridized carbons (Fsp3) is 0.391. The Kier molecular flexibility index (Phi) is 5.32. The van der Waals surface area contributed by atoms with Crippen molar-refractivity contribution in [2.75, 3.05) is 31.2 Å². The van der Waals surface area contributed by atoms with Crippen LogP contribution in [-0.4, -0.2) is 47.8 Å². The second-order valence-corrected chi connectivity index (χ2v) is 8.75. The molecule has 1 amide bonds. The Morgan fingerprint density at radius 2 is 1.94 bits per heavy atom. The number of nitrogens with zero attached hydrogens (tertiary/aromatic N) is 3. The van der Waals surface area contributed by atoms with Crippen LogP contribution in [0.5, 0.6) is 0 Å². The molecule has 0 bridgehead atoms. The Morgan fingerprint density at radius 3 is 2.71 bits per heavy atom. The van der Waals surface area contributed by atoms with Gasteiger partial charge in [-0.1, -0.05) is 16.8 Å². The van der Waals surface area contributed by atoms with Gasteiger partial charge in [-0.2, -0.15) is 0 Å². The summed E-state index contributed by atoms with van der Waals surface area (Å²) in [6.07, 6.45) is 3.28. The molecule has 3 heterocycles. The summed E-state index contributed by atoms with van der Waals surface area (Å²) in [6.45, 7) is 3.18. The lowest BCUT2D eigenvalue weighted by atomic mass is 9.85. The molecule has 0 aliphatic carbocycles. The van der Waals surface area contributed by atoms with Gasteiger partial charge in [-0.15, -0.1) is 0 Å². The van der Waals surface area contributed by atoms with Gasteiger partial charge in [0.15, 0.2) is 5.58 Å². The first kappa shape index (κ1) is 20.3. The number of carbonyl (C=O) groups excluding carboxylic acids is 1. The van der Waals surface area contributed by atoms with Gasteiger partial charge in [0.1, 0.15) is 11.4 Å². The number of fused-ring (bicyclic) bond motifs is 1. The number of rotatable bonds is 5. The molecule has 0 unspecified atom stereocenters. The maximum absolute atomic E-state index is 13.3. The average Bonchev–Trinajstić information content (AvgIpc) is 3.31. The molecule has 2 aliphatic rings. The molecule has 1 N–H and O–H groups in total. The lowest BCUT2D eigenvalue weighted by molar-refractivity contribution is -0.125. The number of aryl methyl sites for hydroxylation is 1. The zero-order valence-electron chi connectivity index (χ0n) is 17.1. The summed E-state index contributed by atoms with van der Waals surface area (Å²) < 4.78 is 18.6. The number of likely N-dealkylation sites (tertiary alicyclic amines) is 1. The third-order valence-electron chi connectivity index (χ3n) is 6.56. The highest BCUT2D eigenvalue weighted by molar-refractivity contribution is 6.30. The van der Waals surface area contributed by atoms with Gasteiger partial charge in [0.25, 0.3) is 0 Å². The minimum atomic E-state index is -0.489. The fourth-order valence-electron chi connectivity index (χ4n) is 4.81. The molecule has 2 saturated heterocycles. The molecular weight excluding hydrogens is 419 g/mol. The number of piperidine rings is 1. The normalized spacial score (nSPS) is 18.8. The standard InChI is InChI=1S/C23H24ClFN4O2/c24-16-3-6-18(7-4-16)29-15-26-22(30)23(29)9-12-28(13-10-23)11-1-2-20-19-8-5-17(25)14-21(19)31-27-20/h3-8,14H,1-2,9-13,15H2,(H,26,30). The number of benzene rings is 2. The molecule has 0 atom stereocenters. The first-order valence-electron chi connectivity index (χ1n) is 10.6. The van der Waals surface area contributed by atoms with Crippen LogP contribution >= 0.6 is 11.6 Å². The van der Waals surface area contributed by atoms with Crippen LogP contribution in [0.3, 0.4) is 0 Å². The second kappa shape index (κ2) is 8.13. The minimum absolute atomic E-state index is 0.114. The Balaban J connectivity index is 1.19. The number of anilines is 1. The van der Waals surface area contributed by atoms with Crippen LogP contribution < -0.4 is 10.2 Å². The molecular formula is C23H24ClFN4O2. The van der Waals surface area contributed by atoms with Crippen LogP contribution in [0.1, 0.15) is 25.0 Å². The molecule has 3 aromatic rings. The average molecular weight is 443 g/mol. The molecule has 31 heavy (non-hydrogen) atoms. The van der Waals surface area contributed by atoms with Crippen LogP contribution in [0, 0.1) is 5.82 Å². The molecule has 6 nitrogen and oxygen atoms in total. The number of aromatic nitrogens is 1. The maximum Gasteiger partial charge on any atom is 0.247 e. The van der Waals surface area contributed by atoms with Crippen molar-refractivity contribution in [3.05, 3.63) is 59.0 Å². The van der Waals surface area contributed by atoms with Gasteiger partial charge in [0, 0.05) is 35.3 Å². The highest BCUT2D eigenvalue weighted by Gasteiger charge is 2.50. The third kappa shape index (κ3) is 3.77. The summed E-state index contributed by atoms with van der Waals surface area (Å²) in [6, 6.07) is 12.2. The zero-order chi connectivity index (χ0) is 21.4. The smallest absolute Gasteiger partial charge is 0.247 e. The summed E-state index contributed by atoms with van der Waals surface area (Å²) in [7, 11) is 0. The predicted molar refractivity (Wildman–Crippen MR) is 118 cm³/mol. The van der Waals surface area contributed by atoms with E-state index in [1.807, 2.05) is 24.3 Å². The van der Waals surface area contributed by atoms with Gasteiger partial charge in [-0.25, -0.2) is 4.39 Å². The van der Waals surface area contributed by atoms with Gasteiger partial charge < -0.3 is 19.6 Å². The zero-order valence-corrected chi connectivity index (χ0v) is 17.9. The molecule has 2 aromatic carbocycles. The van der Waals surface area contributed by atoms with Crippen LogP contribution in [0.2, 0.25) is 5.02 Å². The number of carbonyl (C=O) groups is 1. The molecule has 162 valence electrons. The first-order valence-corrected chi connectivity index (χ1v) is 11.0. The third-order valence-corrected chi connectivity index (χ3v) is 6.81. The largest absolute Gasteiger partial charge is 0.356 e. The summed E-state index contributed by atoms with van der Waals surface area (Å²) in [5.41, 5.74) is 1.89. The van der Waals surface area contributed by atoms with Crippen molar-refractivity contribution in [3.63, 3.8) is 0 Å². The van der Waals surface area contributed by atoms with E-state index < -0.39 is 5.54 Å². The van der Waals surface area contributed by atoms with E-state index in [9.17, 15) is 9.18 Å². The van der Waals surface area contributed by atoms with Gasteiger partial charge in [-0.3, -0.25) is 4.79 Å². The van der Waals surface area contributed by atoms with Crippen molar-refractivity contribution in [1.82, 2.24) is 15.4 Å². The second-order valence-electron chi connectivity index (χ2n) is 8.31. The summed E-state index contributed by atoms with van der Waals surface area (Å²) in [5, 5.41) is 8.70. The monoisotopic (exact) mass is 442 g/mol. The maximum atomic E-state index is 13.3. The van der Waals surface area contributed by atoms with Crippen LogP contribution in [0.4, 0.5) is 10.1 Å². The van der Waals surface area contributed by atoms with Crippen molar-refractivity contribution in [2.24, 2.45) is 0 Å². The van der Waals surface area contributed by atoms with Crippen LogP contribution in [0.15, 0.2) is 47.0 Å². The van der Waals surface area contributed by atoms with Crippen LogP contribution in [-0.2, 0) is 11.2 Å². The van der Waals surface area contributed by atoms with E-state index in [2.05, 4.69) is 20.3 Å². The van der Waals surface area contributed by atoms with Crippen LogP contribution in [0.25, 0.3) is 11.0 Å². The van der Waals surface area contributed by atoms with E-state index in [0.717, 1.165) is 62.1 Å². The SMILES string of the molecule is O=C1NCN(c2ccc(Cl)cc2)C12CCN(CCCc1noc3cc(F)ccc13)CC2. The molecule has 2 aliphatic heterocycles. The molecule has 8 heteroatoms. The Hall–Kier alpha value is -2.64. The van der Waals surface area contributed by atoms with Crippen molar-refractivity contribution < 1.29 is 13.7 Å². The number of amides is 1. The van der Waals surface area contributed by atoms with E-state index in [4.69, 9.17) is 16.1 Å². The Labute approximate surface area is 184 Å². The van der Waals surface area contributed by atoms with Crippen molar-refractivity contribution in [1.29, 1.82) is 0 Å². The van der Waals surface area contributed by atoms with E-state index in [0.29, 0.717) is 17.3 Å². The highest BCUT2D eigenvalue weighted by atomic mass is 35.5. The lowest BCUT2D eigenvalue weighted by Crippen LogP contribution is -2.56. The molecule has 2 fully saturated rings. The number of hydrogen-bond acceptors (Lipinski definition) is 5. The molecule has 1 aromatic heterocycles. The van der Waals surface area contributed by atoms with Gasteiger partial charge in [0.2, 0.25) is 5.91 Å². The quantitative estimate of drug-likeness (QED) is 0.647. The number of hydrogen-bond donors (Lipinski definition) is 1. The van der Waals surface area contributed by atoms with Crippen molar-refractivity contribution in [2.45, 2.75) is 31.2 Å². The first-order chi connectivity index (χ1) is 15.0. The van der Waals surface area contributed by atoms with E-state index >= 15 is 0 Å². The molecule has 1 spiro atoms. The van der Waals surface area contributed by atoms with Crippen molar-refractivity contribution >= 4 is 34.2 Å². The topological polar surface area (TPSA) is 61.6 Å². The highest BCUT2D eigenvalue weighted by Crippen LogP contribution is 2.36. The summed E-state index contributed by atoms with van der Waals surface area (Å²) in [4.78, 5) is 17.4.